The number of pyridine rings is 1. The van der Waals surface area contributed by atoms with Crippen LogP contribution in [0.1, 0.15) is 48.4 Å². The van der Waals surface area contributed by atoms with Gasteiger partial charge in [-0.2, -0.15) is 0 Å². The Morgan fingerprint density at radius 3 is 2.80 bits per heavy atom. The van der Waals surface area contributed by atoms with Gasteiger partial charge >= 0.3 is 0 Å². The van der Waals surface area contributed by atoms with Crippen molar-refractivity contribution in [1.82, 2.24) is 10.3 Å². The lowest BCUT2D eigenvalue weighted by Gasteiger charge is -2.09. The molecule has 30 heavy (non-hydrogen) atoms. The Bertz CT molecular complexity index is 1050. The highest BCUT2D eigenvalue weighted by atomic mass is 79.9. The summed E-state index contributed by atoms with van der Waals surface area (Å²) in [4.78, 5) is 18.3. The summed E-state index contributed by atoms with van der Waals surface area (Å²) in [7, 11) is 0. The zero-order valence-electron chi connectivity index (χ0n) is 17.7. The fourth-order valence-electron chi connectivity index (χ4n) is 3.34. The van der Waals surface area contributed by atoms with Gasteiger partial charge in [-0.1, -0.05) is 44.6 Å². The first kappa shape index (κ1) is 22.8. The number of anilines is 1. The van der Waals surface area contributed by atoms with Crippen molar-refractivity contribution >= 4 is 50.1 Å². The molecule has 1 aromatic carbocycles. The van der Waals surface area contributed by atoms with E-state index in [0.29, 0.717) is 0 Å². The summed E-state index contributed by atoms with van der Waals surface area (Å²) in [6.45, 7) is 7.01. The lowest BCUT2D eigenvalue weighted by Crippen LogP contribution is -2.18. The number of allylic oxidation sites excluding steroid dienone is 1. The van der Waals surface area contributed by atoms with Crippen LogP contribution < -0.4 is 16.1 Å². The van der Waals surface area contributed by atoms with E-state index in [1.54, 1.807) is 6.07 Å². The van der Waals surface area contributed by atoms with E-state index >= 15 is 0 Å². The Morgan fingerprint density at radius 1 is 1.17 bits per heavy atom. The van der Waals surface area contributed by atoms with Gasteiger partial charge in [0, 0.05) is 44.3 Å². The third kappa shape index (κ3) is 5.84. The van der Waals surface area contributed by atoms with E-state index in [1.165, 1.54) is 26.2 Å². The van der Waals surface area contributed by atoms with Gasteiger partial charge in [0.15, 0.2) is 5.43 Å². The van der Waals surface area contributed by atoms with Crippen LogP contribution in [0.3, 0.4) is 0 Å². The monoisotopic (exact) mass is 487 g/mol. The summed E-state index contributed by atoms with van der Waals surface area (Å²) >= 11 is 5.68. The van der Waals surface area contributed by atoms with Crippen LogP contribution in [0, 0.1) is 0 Å². The average Bonchev–Trinajstić information content (AvgIpc) is 3.05. The number of hydrogen-bond donors (Lipinski definition) is 3. The highest BCUT2D eigenvalue weighted by Gasteiger charge is 2.12. The second-order valence-corrected chi connectivity index (χ2v) is 9.25. The first-order valence-electron chi connectivity index (χ1n) is 10.7. The number of benzene rings is 1. The smallest absolute Gasteiger partial charge is 0.191 e. The summed E-state index contributed by atoms with van der Waals surface area (Å²) in [5.41, 5.74) is 2.23. The number of fused-ring (bicyclic) bond motifs is 1. The van der Waals surface area contributed by atoms with Crippen molar-refractivity contribution in [3.05, 3.63) is 66.4 Å². The molecular weight excluding hydrogens is 458 g/mol. The number of rotatable bonds is 11. The molecule has 3 rings (SSSR count). The summed E-state index contributed by atoms with van der Waals surface area (Å²) < 4.78 is 1.25. The zero-order valence-corrected chi connectivity index (χ0v) is 20.1. The maximum absolute atomic E-state index is 12.2. The van der Waals surface area contributed by atoms with Crippen LogP contribution in [0.25, 0.3) is 17.0 Å². The number of halogens is 1. The number of unbranched alkanes of at least 4 members (excludes halogenated alkanes) is 1. The molecule has 0 amide bonds. The van der Waals surface area contributed by atoms with E-state index in [9.17, 15) is 4.79 Å². The minimum Gasteiger partial charge on any atom is -0.371 e. The van der Waals surface area contributed by atoms with Gasteiger partial charge in [-0.15, -0.1) is 11.3 Å². The van der Waals surface area contributed by atoms with E-state index in [-0.39, 0.29) is 5.43 Å². The normalized spacial score (nSPS) is 11.6. The van der Waals surface area contributed by atoms with Gasteiger partial charge in [-0.3, -0.25) is 4.79 Å². The first-order chi connectivity index (χ1) is 14.6. The van der Waals surface area contributed by atoms with E-state index in [1.807, 2.05) is 35.6 Å². The van der Waals surface area contributed by atoms with Crippen molar-refractivity contribution in [2.45, 2.75) is 46.1 Å². The fourth-order valence-corrected chi connectivity index (χ4v) is 5.47. The molecule has 0 unspecified atom stereocenters. The number of aromatic amines is 1. The van der Waals surface area contributed by atoms with Crippen molar-refractivity contribution < 1.29 is 0 Å². The Hall–Kier alpha value is -1.89. The summed E-state index contributed by atoms with van der Waals surface area (Å²) in [6, 6.07) is 9.24. The number of hydrogen-bond acceptors (Lipinski definition) is 4. The molecule has 3 N–H and O–H groups in total. The lowest BCUT2D eigenvalue weighted by atomic mass is 10.2. The number of thiophene rings is 1. The van der Waals surface area contributed by atoms with Crippen molar-refractivity contribution in [3.63, 3.8) is 0 Å². The molecule has 0 atom stereocenters. The second-order valence-electron chi connectivity index (χ2n) is 7.27. The van der Waals surface area contributed by atoms with Gasteiger partial charge in [0.25, 0.3) is 0 Å². The first-order valence-corrected chi connectivity index (χ1v) is 12.3. The molecule has 0 radical (unpaired) electrons. The van der Waals surface area contributed by atoms with E-state index in [2.05, 4.69) is 57.5 Å². The third-order valence-corrected chi connectivity index (χ3v) is 7.48. The average molecular weight is 488 g/mol. The molecule has 2 aromatic heterocycles. The van der Waals surface area contributed by atoms with E-state index in [4.69, 9.17) is 0 Å². The Morgan fingerprint density at radius 2 is 2.00 bits per heavy atom. The number of aryl methyl sites for hydroxylation is 1. The van der Waals surface area contributed by atoms with E-state index < -0.39 is 0 Å². The molecule has 160 valence electrons. The number of aromatic nitrogens is 1. The van der Waals surface area contributed by atoms with Crippen LogP contribution >= 0.6 is 27.3 Å². The molecule has 0 aliphatic carbocycles. The topological polar surface area (TPSA) is 56.9 Å². The van der Waals surface area contributed by atoms with Gasteiger partial charge < -0.3 is 15.6 Å². The highest BCUT2D eigenvalue weighted by Crippen LogP contribution is 2.35. The molecule has 0 saturated carbocycles. The number of para-hydroxylation sites is 1. The van der Waals surface area contributed by atoms with Crippen LogP contribution in [-0.2, 0) is 13.0 Å². The molecule has 4 nitrogen and oxygen atoms in total. The summed E-state index contributed by atoms with van der Waals surface area (Å²) in [5.74, 6) is 0.775. The molecule has 0 aliphatic rings. The maximum Gasteiger partial charge on any atom is 0.191 e. The Kier molecular flexibility index (Phi) is 8.73. The number of nitrogens with one attached hydrogen (secondary N) is 3. The fraction of sp³-hybridized carbons (Fsp3) is 0.375. The standard InChI is InChI=1S/C24H30BrN3OS/c1-3-5-6-11-18-22(30-21(4-2)24(18)25)16-26-13-9-14-27-23-15-20(29)17-10-7-8-12-19(17)28-23/h6-8,10-12,15,26H,3-5,9,13-14,16H2,1-2H3,(H2,27,28,29)/b11-6+. The molecule has 0 spiro atoms. The Labute approximate surface area is 190 Å². The maximum atomic E-state index is 12.2. The third-order valence-electron chi connectivity index (χ3n) is 4.96. The van der Waals surface area contributed by atoms with Crippen molar-refractivity contribution in [1.29, 1.82) is 0 Å². The second kappa shape index (κ2) is 11.5. The zero-order chi connectivity index (χ0) is 21.3. The van der Waals surface area contributed by atoms with Gasteiger partial charge in [0.1, 0.15) is 5.82 Å². The largest absolute Gasteiger partial charge is 0.371 e. The van der Waals surface area contributed by atoms with Crippen LogP contribution in [0.4, 0.5) is 5.82 Å². The highest BCUT2D eigenvalue weighted by molar-refractivity contribution is 9.10. The lowest BCUT2D eigenvalue weighted by molar-refractivity contribution is 0.667. The summed E-state index contributed by atoms with van der Waals surface area (Å²) in [6.07, 6.45) is 8.83. The Balaban J connectivity index is 1.49. The molecule has 0 saturated heterocycles. The minimum atomic E-state index is 0.0450. The molecule has 0 bridgehead atoms. The van der Waals surface area contributed by atoms with Gasteiger partial charge in [0.05, 0.1) is 5.52 Å². The minimum absolute atomic E-state index is 0.0450. The van der Waals surface area contributed by atoms with Gasteiger partial charge in [0.2, 0.25) is 0 Å². The van der Waals surface area contributed by atoms with Crippen molar-refractivity contribution in [2.24, 2.45) is 0 Å². The SMILES string of the molecule is CCC/C=C/c1c(CNCCCNc2cc(=O)c3ccccc3[nH]2)sc(CC)c1Br. The molecular formula is C24H30BrN3OS. The predicted octanol–water partition coefficient (Wildman–Crippen LogP) is 6.32. The van der Waals surface area contributed by atoms with Gasteiger partial charge in [-0.05, 0) is 53.9 Å². The molecule has 0 fully saturated rings. The summed E-state index contributed by atoms with van der Waals surface area (Å²) in [5, 5.41) is 7.63. The van der Waals surface area contributed by atoms with Crippen LogP contribution in [0.2, 0.25) is 0 Å². The van der Waals surface area contributed by atoms with Crippen LogP contribution in [0.15, 0.2) is 45.7 Å². The predicted molar refractivity (Wildman–Crippen MR) is 135 cm³/mol. The van der Waals surface area contributed by atoms with Gasteiger partial charge in [-0.25, -0.2) is 0 Å². The van der Waals surface area contributed by atoms with E-state index in [0.717, 1.165) is 55.6 Å². The van der Waals surface area contributed by atoms with Crippen molar-refractivity contribution in [2.75, 3.05) is 18.4 Å². The molecule has 2 heterocycles. The van der Waals surface area contributed by atoms with Crippen LogP contribution in [-0.4, -0.2) is 18.1 Å². The molecule has 6 heteroatoms. The van der Waals surface area contributed by atoms with Crippen LogP contribution in [0.5, 0.6) is 0 Å². The molecule has 0 aliphatic heterocycles. The number of H-pyrrole nitrogens is 1. The molecule has 3 aromatic rings. The quantitative estimate of drug-likeness (QED) is 0.277. The van der Waals surface area contributed by atoms with Crippen molar-refractivity contribution in [3.8, 4) is 0 Å².